The van der Waals surface area contributed by atoms with E-state index in [2.05, 4.69) is 28.4 Å². The number of amides is 1. The van der Waals surface area contributed by atoms with Crippen molar-refractivity contribution in [3.8, 4) is 0 Å². The summed E-state index contributed by atoms with van der Waals surface area (Å²) in [5, 5.41) is 2.95. The molecule has 0 aliphatic carbocycles. The second-order valence-corrected chi connectivity index (χ2v) is 8.78. The van der Waals surface area contributed by atoms with Crippen LogP contribution in [-0.2, 0) is 4.74 Å². The predicted octanol–water partition coefficient (Wildman–Crippen LogP) is 5.19. The number of allylic oxidation sites excluding steroid dienone is 2. The summed E-state index contributed by atoms with van der Waals surface area (Å²) in [5.41, 5.74) is 2.64. The van der Waals surface area contributed by atoms with Gasteiger partial charge < -0.3 is 10.1 Å². The van der Waals surface area contributed by atoms with Gasteiger partial charge >= 0.3 is 0 Å². The van der Waals surface area contributed by atoms with E-state index in [1.54, 1.807) is 17.7 Å². The van der Waals surface area contributed by atoms with Gasteiger partial charge in [0, 0.05) is 30.7 Å². The fourth-order valence-corrected chi connectivity index (χ4v) is 4.69. The van der Waals surface area contributed by atoms with Crippen LogP contribution in [0.3, 0.4) is 0 Å². The van der Waals surface area contributed by atoms with E-state index >= 15 is 0 Å². The maximum atomic E-state index is 14.1. The molecule has 0 saturated carbocycles. The van der Waals surface area contributed by atoms with Crippen LogP contribution in [0.5, 0.6) is 0 Å². The first kappa shape index (κ1) is 24.3. The molecule has 1 saturated heterocycles. The van der Waals surface area contributed by atoms with Gasteiger partial charge in [0.25, 0.3) is 5.91 Å². The second kappa shape index (κ2) is 12.1. The molecule has 1 fully saturated rings. The molecule has 2 heterocycles. The highest BCUT2D eigenvalue weighted by molar-refractivity contribution is 7.09. The molecule has 1 aliphatic rings. The molecule has 170 valence electrons. The average molecular weight is 476 g/mol. The summed E-state index contributed by atoms with van der Waals surface area (Å²) < 4.78 is 20.1. The Balaban J connectivity index is 1.60. The number of carbonyl (C=O) groups excluding carboxylic acids is 1. The summed E-state index contributed by atoms with van der Waals surface area (Å²) in [6, 6.07) is 4.16. The number of benzene rings is 1. The van der Waals surface area contributed by atoms with E-state index in [1.165, 1.54) is 29.5 Å². The summed E-state index contributed by atoms with van der Waals surface area (Å²) >= 11 is 7.58. The Labute approximate surface area is 197 Å². The third kappa shape index (κ3) is 6.36. The van der Waals surface area contributed by atoms with E-state index in [0.29, 0.717) is 13.2 Å². The molecular weight excluding hydrogens is 449 g/mol. The number of carbonyl (C=O) groups is 1. The summed E-state index contributed by atoms with van der Waals surface area (Å²) in [7, 11) is 0. The second-order valence-electron chi connectivity index (χ2n) is 7.45. The van der Waals surface area contributed by atoms with Crippen molar-refractivity contribution in [3.63, 3.8) is 0 Å². The lowest BCUT2D eigenvalue weighted by Crippen LogP contribution is -2.43. The Morgan fingerprint density at radius 1 is 1.41 bits per heavy atom. The number of aromatic nitrogens is 1. The molecule has 32 heavy (non-hydrogen) atoms. The van der Waals surface area contributed by atoms with Crippen LogP contribution in [0.1, 0.15) is 34.1 Å². The van der Waals surface area contributed by atoms with Crippen molar-refractivity contribution in [2.75, 3.05) is 26.2 Å². The van der Waals surface area contributed by atoms with Gasteiger partial charge in [-0.05, 0) is 30.5 Å². The highest BCUT2D eigenvalue weighted by Crippen LogP contribution is 2.28. The van der Waals surface area contributed by atoms with Crippen LogP contribution < -0.4 is 5.32 Å². The van der Waals surface area contributed by atoms with E-state index in [0.717, 1.165) is 36.4 Å². The molecule has 3 rings (SSSR count). The smallest absolute Gasteiger partial charge is 0.255 e. The monoisotopic (exact) mass is 475 g/mol. The minimum absolute atomic E-state index is 0.0534. The van der Waals surface area contributed by atoms with Gasteiger partial charge in [0.2, 0.25) is 0 Å². The number of halogens is 2. The summed E-state index contributed by atoms with van der Waals surface area (Å²) in [6.07, 6.45) is 9.13. The zero-order valence-electron chi connectivity index (χ0n) is 17.8. The van der Waals surface area contributed by atoms with Crippen LogP contribution in [-0.4, -0.2) is 48.1 Å². The van der Waals surface area contributed by atoms with Gasteiger partial charge in [-0.3, -0.25) is 14.7 Å². The molecule has 1 unspecified atom stereocenters. The van der Waals surface area contributed by atoms with Crippen LogP contribution in [0.15, 0.2) is 66.9 Å². The van der Waals surface area contributed by atoms with Gasteiger partial charge in [-0.25, -0.2) is 4.39 Å². The highest BCUT2D eigenvalue weighted by atomic mass is 35.5. The third-order valence-corrected chi connectivity index (χ3v) is 6.61. The van der Waals surface area contributed by atoms with Crippen LogP contribution in [0, 0.1) is 5.82 Å². The zero-order valence-corrected chi connectivity index (χ0v) is 19.4. The van der Waals surface area contributed by atoms with Gasteiger partial charge in [-0.15, -0.1) is 11.3 Å². The number of nitrogens with one attached hydrogen (secondary N) is 1. The Kier molecular flexibility index (Phi) is 9.17. The Hall–Kier alpha value is -2.32. The van der Waals surface area contributed by atoms with Crippen LogP contribution in [0.4, 0.5) is 4.39 Å². The first-order chi connectivity index (χ1) is 15.5. The maximum absolute atomic E-state index is 14.1. The van der Waals surface area contributed by atoms with Gasteiger partial charge in [0.15, 0.2) is 0 Å². The lowest BCUT2D eigenvalue weighted by atomic mass is 10.0. The molecule has 2 aromatic rings. The molecule has 8 heteroatoms. The molecule has 5 nitrogen and oxygen atoms in total. The molecule has 0 radical (unpaired) electrons. The van der Waals surface area contributed by atoms with Crippen LogP contribution in [0.25, 0.3) is 0 Å². The van der Waals surface area contributed by atoms with Gasteiger partial charge in [-0.2, -0.15) is 0 Å². The normalized spacial score (nSPS) is 16.5. The minimum atomic E-state index is -0.633. The summed E-state index contributed by atoms with van der Waals surface area (Å²) in [5.74, 6) is -1.15. The SMILES string of the molecule is C=C/C=C(\C=C)COC1CCN(C(CNC(=O)c2c(F)cccc2Cl)c2cncs2)CC1. The van der Waals surface area contributed by atoms with Gasteiger partial charge in [0.1, 0.15) is 5.82 Å². The van der Waals surface area contributed by atoms with E-state index in [1.807, 2.05) is 12.3 Å². The number of likely N-dealkylation sites (tertiary alicyclic amines) is 1. The number of piperidine rings is 1. The first-order valence-corrected chi connectivity index (χ1v) is 11.7. The topological polar surface area (TPSA) is 54.5 Å². The van der Waals surface area contributed by atoms with Crippen molar-refractivity contribution in [2.24, 2.45) is 0 Å². The standard InChI is InChI=1S/C24H27ClFN3O2S/c1-3-6-17(4-2)15-31-18-9-11-29(12-10-18)21(22-14-27-16-32-22)13-28-24(30)23-19(25)7-5-8-20(23)26/h3-8,14,16,18,21H,1-2,9-13,15H2,(H,28,30)/b17-6+. The Morgan fingerprint density at radius 3 is 2.81 bits per heavy atom. The lowest BCUT2D eigenvalue weighted by molar-refractivity contribution is 0.00895. The Bertz CT molecular complexity index is 936. The van der Waals surface area contributed by atoms with Crippen molar-refractivity contribution in [3.05, 3.63) is 88.1 Å². The van der Waals surface area contributed by atoms with E-state index < -0.39 is 11.7 Å². The molecule has 1 N–H and O–H groups in total. The van der Waals surface area contributed by atoms with Crippen molar-refractivity contribution in [1.82, 2.24) is 15.2 Å². The molecule has 0 spiro atoms. The fraction of sp³-hybridized carbons (Fsp3) is 0.333. The number of rotatable bonds is 10. The molecule has 1 aromatic carbocycles. The fourth-order valence-electron chi connectivity index (χ4n) is 3.69. The summed E-state index contributed by atoms with van der Waals surface area (Å²) in [6.45, 7) is 9.99. The van der Waals surface area contributed by atoms with Gasteiger partial charge in [-0.1, -0.05) is 49.1 Å². The number of thiazole rings is 1. The molecule has 1 aromatic heterocycles. The number of ether oxygens (including phenoxy) is 1. The van der Waals surface area contributed by atoms with E-state index in [4.69, 9.17) is 16.3 Å². The van der Waals surface area contributed by atoms with Crippen molar-refractivity contribution in [1.29, 1.82) is 0 Å². The van der Waals surface area contributed by atoms with Gasteiger partial charge in [0.05, 0.1) is 34.8 Å². The molecule has 1 aliphatic heterocycles. The largest absolute Gasteiger partial charge is 0.373 e. The molecule has 1 atom stereocenters. The highest BCUT2D eigenvalue weighted by Gasteiger charge is 2.28. The minimum Gasteiger partial charge on any atom is -0.373 e. The van der Waals surface area contributed by atoms with Crippen molar-refractivity contribution >= 4 is 28.8 Å². The predicted molar refractivity (Wildman–Crippen MR) is 128 cm³/mol. The number of hydrogen-bond acceptors (Lipinski definition) is 5. The maximum Gasteiger partial charge on any atom is 0.255 e. The Morgan fingerprint density at radius 2 is 2.19 bits per heavy atom. The average Bonchev–Trinajstić information content (AvgIpc) is 3.32. The third-order valence-electron chi connectivity index (χ3n) is 5.42. The van der Waals surface area contributed by atoms with Crippen LogP contribution >= 0.6 is 22.9 Å². The summed E-state index contributed by atoms with van der Waals surface area (Å²) in [4.78, 5) is 20.2. The molecule has 1 amide bonds. The van der Waals surface area contributed by atoms with E-state index in [9.17, 15) is 9.18 Å². The number of hydrogen-bond donors (Lipinski definition) is 1. The van der Waals surface area contributed by atoms with Crippen molar-refractivity contribution in [2.45, 2.75) is 25.0 Å². The number of nitrogens with zero attached hydrogens (tertiary/aromatic N) is 2. The van der Waals surface area contributed by atoms with Crippen molar-refractivity contribution < 1.29 is 13.9 Å². The first-order valence-electron chi connectivity index (χ1n) is 10.4. The molecular formula is C24H27ClFN3O2S. The lowest BCUT2D eigenvalue weighted by Gasteiger charge is -2.37. The van der Waals surface area contributed by atoms with E-state index in [-0.39, 0.29) is 22.7 Å². The quantitative estimate of drug-likeness (QED) is 0.481. The molecule has 0 bridgehead atoms. The zero-order chi connectivity index (χ0) is 22.9. The van der Waals surface area contributed by atoms with Crippen LogP contribution in [0.2, 0.25) is 5.02 Å².